The SMILES string of the molecule is N#Cc1n[nH]nc1-c1ccc(-c2cccc(OI)c2)cc1. The van der Waals surface area contributed by atoms with Crippen molar-refractivity contribution in [1.82, 2.24) is 15.4 Å². The molecule has 0 bridgehead atoms. The first kappa shape index (κ1) is 13.6. The summed E-state index contributed by atoms with van der Waals surface area (Å²) in [7, 11) is 0. The number of aromatic amines is 1. The number of halogens is 1. The molecule has 3 aromatic rings. The van der Waals surface area contributed by atoms with Crippen LogP contribution in [0.3, 0.4) is 0 Å². The molecule has 0 saturated heterocycles. The van der Waals surface area contributed by atoms with Gasteiger partial charge in [0, 0.05) is 5.56 Å². The molecule has 0 spiro atoms. The third-order valence-electron chi connectivity index (χ3n) is 3.07. The van der Waals surface area contributed by atoms with E-state index < -0.39 is 0 Å². The van der Waals surface area contributed by atoms with Crippen LogP contribution in [0.15, 0.2) is 48.5 Å². The summed E-state index contributed by atoms with van der Waals surface area (Å²) < 4.78 is 5.20. The molecule has 3 rings (SSSR count). The van der Waals surface area contributed by atoms with Crippen LogP contribution in [0.5, 0.6) is 5.75 Å². The number of rotatable bonds is 3. The molecule has 2 aromatic carbocycles. The van der Waals surface area contributed by atoms with Gasteiger partial charge in [0.1, 0.15) is 17.5 Å². The molecule has 0 unspecified atom stereocenters. The number of nitrogens with zero attached hydrogens (tertiary/aromatic N) is 3. The molecule has 0 saturated carbocycles. The van der Waals surface area contributed by atoms with Crippen molar-refractivity contribution in [2.45, 2.75) is 0 Å². The van der Waals surface area contributed by atoms with Crippen molar-refractivity contribution >= 4 is 23.0 Å². The van der Waals surface area contributed by atoms with Crippen LogP contribution in [-0.4, -0.2) is 15.4 Å². The number of H-pyrrole nitrogens is 1. The highest BCUT2D eigenvalue weighted by Gasteiger charge is 2.09. The molecule has 102 valence electrons. The van der Waals surface area contributed by atoms with Gasteiger partial charge in [-0.1, -0.05) is 36.4 Å². The fourth-order valence-electron chi connectivity index (χ4n) is 2.05. The van der Waals surface area contributed by atoms with Gasteiger partial charge in [0.05, 0.1) is 0 Å². The van der Waals surface area contributed by atoms with Gasteiger partial charge in [0.15, 0.2) is 28.7 Å². The van der Waals surface area contributed by atoms with Gasteiger partial charge in [-0.2, -0.15) is 15.6 Å². The van der Waals surface area contributed by atoms with Gasteiger partial charge in [-0.25, -0.2) is 0 Å². The van der Waals surface area contributed by atoms with Crippen molar-refractivity contribution in [2.75, 3.05) is 0 Å². The van der Waals surface area contributed by atoms with Crippen molar-refractivity contribution < 1.29 is 3.07 Å². The number of hydrogen-bond donors (Lipinski definition) is 1. The van der Waals surface area contributed by atoms with E-state index in [2.05, 4.69) is 15.4 Å². The molecular weight excluding hydrogens is 379 g/mol. The Morgan fingerprint density at radius 2 is 1.76 bits per heavy atom. The first-order valence-electron chi connectivity index (χ1n) is 6.12. The Morgan fingerprint density at radius 1 is 1.00 bits per heavy atom. The Hall–Kier alpha value is -2.40. The van der Waals surface area contributed by atoms with Crippen LogP contribution < -0.4 is 3.07 Å². The molecule has 5 nitrogen and oxygen atoms in total. The Kier molecular flexibility index (Phi) is 3.83. The molecule has 21 heavy (non-hydrogen) atoms. The first-order valence-corrected chi connectivity index (χ1v) is 7.00. The molecule has 0 amide bonds. The van der Waals surface area contributed by atoms with Gasteiger partial charge in [-0.15, -0.1) is 5.10 Å². The normalized spacial score (nSPS) is 10.1. The second-order valence-corrected chi connectivity index (χ2v) is 4.76. The summed E-state index contributed by atoms with van der Waals surface area (Å²) in [6, 6.07) is 17.7. The summed E-state index contributed by atoms with van der Waals surface area (Å²) in [6.45, 7) is 0. The molecule has 1 heterocycles. The van der Waals surface area contributed by atoms with Crippen molar-refractivity contribution in [3.63, 3.8) is 0 Å². The lowest BCUT2D eigenvalue weighted by Crippen LogP contribution is -1.84. The second kappa shape index (κ2) is 5.93. The van der Waals surface area contributed by atoms with Crippen LogP contribution in [0.2, 0.25) is 0 Å². The Bertz CT molecular complexity index is 805. The summed E-state index contributed by atoms with van der Waals surface area (Å²) in [6.07, 6.45) is 0. The highest BCUT2D eigenvalue weighted by atomic mass is 127. The van der Waals surface area contributed by atoms with Crippen LogP contribution in [0.4, 0.5) is 0 Å². The van der Waals surface area contributed by atoms with E-state index in [1.54, 1.807) is 0 Å². The Morgan fingerprint density at radius 3 is 2.48 bits per heavy atom. The lowest BCUT2D eigenvalue weighted by atomic mass is 10.0. The van der Waals surface area contributed by atoms with Crippen LogP contribution in [0.25, 0.3) is 22.4 Å². The average molecular weight is 388 g/mol. The van der Waals surface area contributed by atoms with Crippen molar-refractivity contribution in [2.24, 2.45) is 0 Å². The minimum absolute atomic E-state index is 0.294. The largest absolute Gasteiger partial charge is 0.428 e. The van der Waals surface area contributed by atoms with E-state index in [1.807, 2.05) is 77.6 Å². The maximum atomic E-state index is 8.97. The lowest BCUT2D eigenvalue weighted by Gasteiger charge is -2.04. The number of nitrogens with one attached hydrogen (secondary N) is 1. The molecule has 0 aliphatic heterocycles. The summed E-state index contributed by atoms with van der Waals surface area (Å²) in [5.41, 5.74) is 3.84. The lowest BCUT2D eigenvalue weighted by molar-refractivity contribution is 0.717. The van der Waals surface area contributed by atoms with E-state index in [1.165, 1.54) is 0 Å². The zero-order valence-electron chi connectivity index (χ0n) is 10.7. The third-order valence-corrected chi connectivity index (χ3v) is 3.58. The quantitative estimate of drug-likeness (QED) is 0.694. The van der Waals surface area contributed by atoms with E-state index in [0.717, 1.165) is 22.4 Å². The number of benzene rings is 2. The van der Waals surface area contributed by atoms with E-state index in [-0.39, 0.29) is 0 Å². The average Bonchev–Trinajstić information content (AvgIpc) is 3.03. The maximum Gasteiger partial charge on any atom is 0.192 e. The number of aromatic nitrogens is 3. The summed E-state index contributed by atoms with van der Waals surface area (Å²) in [5, 5.41) is 19.2. The van der Waals surface area contributed by atoms with Crippen molar-refractivity contribution in [3.05, 3.63) is 54.2 Å². The zero-order chi connectivity index (χ0) is 14.7. The molecular formula is C15H9IN4O. The fourth-order valence-corrected chi connectivity index (χ4v) is 2.33. The minimum Gasteiger partial charge on any atom is -0.428 e. The Balaban J connectivity index is 1.96. The second-order valence-electron chi connectivity index (χ2n) is 4.31. The topological polar surface area (TPSA) is 74.6 Å². The Labute approximate surface area is 135 Å². The summed E-state index contributed by atoms with van der Waals surface area (Å²) in [4.78, 5) is 0. The molecule has 0 atom stereocenters. The van der Waals surface area contributed by atoms with Crippen molar-refractivity contribution in [3.8, 4) is 34.2 Å². The zero-order valence-corrected chi connectivity index (χ0v) is 12.9. The first-order chi connectivity index (χ1) is 10.3. The number of hydrogen-bond acceptors (Lipinski definition) is 4. The van der Waals surface area contributed by atoms with E-state index in [0.29, 0.717) is 11.4 Å². The van der Waals surface area contributed by atoms with E-state index >= 15 is 0 Å². The molecule has 0 aliphatic carbocycles. The monoisotopic (exact) mass is 388 g/mol. The van der Waals surface area contributed by atoms with Gasteiger partial charge >= 0.3 is 0 Å². The molecule has 0 radical (unpaired) electrons. The van der Waals surface area contributed by atoms with Crippen LogP contribution in [0, 0.1) is 11.3 Å². The van der Waals surface area contributed by atoms with Crippen molar-refractivity contribution in [1.29, 1.82) is 5.26 Å². The summed E-state index contributed by atoms with van der Waals surface area (Å²) >= 11 is 1.86. The highest BCUT2D eigenvalue weighted by molar-refractivity contribution is 14.1. The smallest absolute Gasteiger partial charge is 0.192 e. The van der Waals surface area contributed by atoms with Crippen LogP contribution >= 0.6 is 23.0 Å². The number of nitriles is 1. The van der Waals surface area contributed by atoms with Gasteiger partial charge in [-0.3, -0.25) is 0 Å². The predicted molar refractivity (Wildman–Crippen MR) is 86.6 cm³/mol. The van der Waals surface area contributed by atoms with E-state index in [9.17, 15) is 0 Å². The van der Waals surface area contributed by atoms with Crippen LogP contribution in [0.1, 0.15) is 5.69 Å². The molecule has 1 aromatic heterocycles. The minimum atomic E-state index is 0.294. The third kappa shape index (κ3) is 2.73. The molecule has 0 fully saturated rings. The van der Waals surface area contributed by atoms with E-state index in [4.69, 9.17) is 8.33 Å². The van der Waals surface area contributed by atoms with Gasteiger partial charge in [-0.05, 0) is 23.3 Å². The predicted octanol–water partition coefficient (Wildman–Crippen LogP) is 3.74. The maximum absolute atomic E-state index is 8.97. The molecule has 6 heteroatoms. The molecule has 1 N–H and O–H groups in total. The standard InChI is InChI=1S/C15H9IN4O/c16-21-13-3-1-2-12(8-13)10-4-6-11(7-5-10)15-14(9-17)18-20-19-15/h1-8H,(H,18,19,20). The van der Waals surface area contributed by atoms with Gasteiger partial charge < -0.3 is 3.07 Å². The fraction of sp³-hybridized carbons (Fsp3) is 0. The van der Waals surface area contributed by atoms with Gasteiger partial charge in [0.2, 0.25) is 0 Å². The van der Waals surface area contributed by atoms with Gasteiger partial charge in [0.25, 0.3) is 0 Å². The molecule has 0 aliphatic rings. The summed E-state index contributed by atoms with van der Waals surface area (Å²) in [5.74, 6) is 0.806. The van der Waals surface area contributed by atoms with Crippen LogP contribution in [-0.2, 0) is 0 Å². The highest BCUT2D eigenvalue weighted by Crippen LogP contribution is 2.27.